The third-order valence-electron chi connectivity index (χ3n) is 1.95. The predicted molar refractivity (Wildman–Crippen MR) is 49.3 cm³/mol. The van der Waals surface area contributed by atoms with Gasteiger partial charge in [0.05, 0.1) is 4.92 Å². The van der Waals surface area contributed by atoms with Crippen molar-refractivity contribution in [3.63, 3.8) is 0 Å². The number of carboxylic acids is 1. The Balaban J connectivity index is 2.99. The number of aliphatic carboxylic acids is 1. The lowest BCUT2D eigenvalue weighted by molar-refractivity contribution is -0.387. The van der Waals surface area contributed by atoms with Crippen LogP contribution in [-0.4, -0.2) is 21.9 Å². The van der Waals surface area contributed by atoms with Crippen molar-refractivity contribution < 1.29 is 28.0 Å². The molecule has 0 heterocycles. The molecule has 0 aromatic heterocycles. The SMILES string of the molecule is O=C(O)C(F)(F)Cc1ccc([N+](=O)[O-])c(F)c1. The van der Waals surface area contributed by atoms with Gasteiger partial charge < -0.3 is 5.11 Å². The summed E-state index contributed by atoms with van der Waals surface area (Å²) in [6.45, 7) is 0. The summed E-state index contributed by atoms with van der Waals surface area (Å²) in [6, 6.07) is 2.12. The largest absolute Gasteiger partial charge is 0.477 e. The van der Waals surface area contributed by atoms with Gasteiger partial charge in [-0.05, 0) is 11.6 Å². The standard InChI is InChI=1S/C9H6F3NO4/c10-6-3-5(1-2-7(6)13(16)17)4-9(11,12)8(14)15/h1-3H,4H2,(H,14,15). The molecule has 0 aliphatic carbocycles. The van der Waals surface area contributed by atoms with Crippen LogP contribution >= 0.6 is 0 Å². The van der Waals surface area contributed by atoms with Crippen LogP contribution in [0.15, 0.2) is 18.2 Å². The fraction of sp³-hybridized carbons (Fsp3) is 0.222. The lowest BCUT2D eigenvalue weighted by Gasteiger charge is -2.10. The van der Waals surface area contributed by atoms with Crippen LogP contribution in [0.4, 0.5) is 18.9 Å². The molecule has 92 valence electrons. The molecular formula is C9H6F3NO4. The van der Waals surface area contributed by atoms with Gasteiger partial charge in [-0.1, -0.05) is 6.07 Å². The first-order valence-corrected chi connectivity index (χ1v) is 4.28. The maximum Gasteiger partial charge on any atom is 0.374 e. The first kappa shape index (κ1) is 12.9. The molecule has 0 saturated carbocycles. The van der Waals surface area contributed by atoms with Gasteiger partial charge >= 0.3 is 17.6 Å². The normalized spacial score (nSPS) is 11.2. The molecule has 1 rings (SSSR count). The molecule has 1 N–H and O–H groups in total. The van der Waals surface area contributed by atoms with E-state index in [1.165, 1.54) is 0 Å². The molecule has 0 atom stereocenters. The lowest BCUT2D eigenvalue weighted by atomic mass is 10.1. The van der Waals surface area contributed by atoms with Crippen molar-refractivity contribution in [1.29, 1.82) is 0 Å². The highest BCUT2D eigenvalue weighted by Crippen LogP contribution is 2.24. The molecule has 0 bridgehead atoms. The lowest BCUT2D eigenvalue weighted by Crippen LogP contribution is -2.30. The zero-order valence-electron chi connectivity index (χ0n) is 8.19. The third-order valence-corrected chi connectivity index (χ3v) is 1.95. The van der Waals surface area contributed by atoms with Gasteiger partial charge in [0.15, 0.2) is 0 Å². The summed E-state index contributed by atoms with van der Waals surface area (Å²) in [7, 11) is 0. The number of rotatable bonds is 4. The summed E-state index contributed by atoms with van der Waals surface area (Å²) in [5, 5.41) is 18.4. The molecule has 1 aromatic rings. The van der Waals surface area contributed by atoms with Gasteiger partial charge in [-0.25, -0.2) is 4.79 Å². The molecule has 0 fully saturated rings. The zero-order valence-corrected chi connectivity index (χ0v) is 8.19. The molecule has 0 aliphatic heterocycles. The number of carbonyl (C=O) groups is 1. The summed E-state index contributed by atoms with van der Waals surface area (Å²) < 4.78 is 38.6. The van der Waals surface area contributed by atoms with Crippen LogP contribution in [0, 0.1) is 15.9 Å². The number of nitro groups is 1. The quantitative estimate of drug-likeness (QED) is 0.653. The van der Waals surface area contributed by atoms with Crippen LogP contribution < -0.4 is 0 Å². The first-order chi connectivity index (χ1) is 7.74. The van der Waals surface area contributed by atoms with Gasteiger partial charge in [0.1, 0.15) is 0 Å². The van der Waals surface area contributed by atoms with E-state index >= 15 is 0 Å². The number of nitro benzene ring substituents is 1. The molecule has 0 radical (unpaired) electrons. The Bertz CT molecular complexity index is 475. The van der Waals surface area contributed by atoms with Crippen LogP contribution in [0.1, 0.15) is 5.56 Å². The second-order valence-corrected chi connectivity index (χ2v) is 3.23. The number of benzene rings is 1. The molecule has 8 heteroatoms. The Hall–Kier alpha value is -2.12. The van der Waals surface area contributed by atoms with Crippen LogP contribution in [0.3, 0.4) is 0 Å². The summed E-state index contributed by atoms with van der Waals surface area (Å²) in [6.07, 6.45) is -1.22. The van der Waals surface area contributed by atoms with Crippen LogP contribution in [0.2, 0.25) is 0 Å². The summed E-state index contributed by atoms with van der Waals surface area (Å²) >= 11 is 0. The minimum atomic E-state index is -4.04. The van der Waals surface area contributed by atoms with Crippen molar-refractivity contribution in [2.75, 3.05) is 0 Å². The van der Waals surface area contributed by atoms with Gasteiger partial charge in [0.25, 0.3) is 0 Å². The van der Waals surface area contributed by atoms with Crippen molar-refractivity contribution in [3.8, 4) is 0 Å². The van der Waals surface area contributed by atoms with Gasteiger partial charge in [0.2, 0.25) is 5.82 Å². The van der Waals surface area contributed by atoms with Crippen molar-refractivity contribution in [2.24, 2.45) is 0 Å². The highest BCUT2D eigenvalue weighted by atomic mass is 19.3. The summed E-state index contributed by atoms with van der Waals surface area (Å²) in [4.78, 5) is 19.4. The molecule has 0 spiro atoms. The summed E-state index contributed by atoms with van der Waals surface area (Å²) in [5.41, 5.74) is -1.19. The van der Waals surface area contributed by atoms with E-state index in [1.807, 2.05) is 0 Å². The zero-order chi connectivity index (χ0) is 13.2. The Labute approximate surface area is 92.6 Å². The second kappa shape index (κ2) is 4.40. The molecule has 17 heavy (non-hydrogen) atoms. The predicted octanol–water partition coefficient (Wildman–Crippen LogP) is 2.00. The van der Waals surface area contributed by atoms with Crippen LogP contribution in [0.5, 0.6) is 0 Å². The third kappa shape index (κ3) is 2.92. The smallest absolute Gasteiger partial charge is 0.374 e. The van der Waals surface area contributed by atoms with Crippen molar-refractivity contribution in [1.82, 2.24) is 0 Å². The fourth-order valence-corrected chi connectivity index (χ4v) is 1.14. The Kier molecular flexibility index (Phi) is 3.35. The highest BCUT2D eigenvalue weighted by Gasteiger charge is 2.39. The average Bonchev–Trinajstić information content (AvgIpc) is 2.15. The number of nitrogens with zero attached hydrogens (tertiary/aromatic N) is 1. The van der Waals surface area contributed by atoms with Crippen molar-refractivity contribution in [3.05, 3.63) is 39.7 Å². The van der Waals surface area contributed by atoms with Gasteiger partial charge in [-0.15, -0.1) is 0 Å². The Morgan fingerprint density at radius 2 is 2.06 bits per heavy atom. The Morgan fingerprint density at radius 1 is 1.47 bits per heavy atom. The molecule has 0 unspecified atom stereocenters. The topological polar surface area (TPSA) is 80.4 Å². The van der Waals surface area contributed by atoms with Gasteiger partial charge in [-0.2, -0.15) is 13.2 Å². The minimum Gasteiger partial charge on any atom is -0.477 e. The minimum absolute atomic E-state index is 0.333. The van der Waals surface area contributed by atoms with Crippen LogP contribution in [0.25, 0.3) is 0 Å². The fourth-order valence-electron chi connectivity index (χ4n) is 1.14. The molecule has 0 amide bonds. The monoisotopic (exact) mass is 249 g/mol. The molecule has 1 aromatic carbocycles. The van der Waals surface area contributed by atoms with E-state index in [0.717, 1.165) is 6.07 Å². The molecular weight excluding hydrogens is 243 g/mol. The van der Waals surface area contributed by atoms with E-state index in [-0.39, 0.29) is 5.56 Å². The first-order valence-electron chi connectivity index (χ1n) is 4.28. The highest BCUT2D eigenvalue weighted by molar-refractivity contribution is 5.75. The van der Waals surface area contributed by atoms with E-state index < -0.39 is 34.7 Å². The van der Waals surface area contributed by atoms with Crippen molar-refractivity contribution in [2.45, 2.75) is 12.3 Å². The summed E-state index contributed by atoms with van der Waals surface area (Å²) in [5.74, 6) is -7.66. The maximum absolute atomic E-state index is 13.0. The number of halogens is 3. The van der Waals surface area contributed by atoms with E-state index in [0.29, 0.717) is 12.1 Å². The Morgan fingerprint density at radius 3 is 2.47 bits per heavy atom. The van der Waals surface area contributed by atoms with Crippen molar-refractivity contribution >= 4 is 11.7 Å². The van der Waals surface area contributed by atoms with E-state index in [1.54, 1.807) is 0 Å². The molecule has 0 saturated heterocycles. The number of carboxylic acid groups (broad SMARTS) is 1. The number of hydrogen-bond donors (Lipinski definition) is 1. The van der Waals surface area contributed by atoms with Gasteiger partial charge in [-0.3, -0.25) is 10.1 Å². The van der Waals surface area contributed by atoms with Gasteiger partial charge in [0, 0.05) is 12.5 Å². The molecule has 0 aliphatic rings. The van der Waals surface area contributed by atoms with E-state index in [4.69, 9.17) is 5.11 Å². The van der Waals surface area contributed by atoms with E-state index in [2.05, 4.69) is 0 Å². The van der Waals surface area contributed by atoms with Crippen LogP contribution in [-0.2, 0) is 11.2 Å². The molecule has 5 nitrogen and oxygen atoms in total. The number of hydrogen-bond acceptors (Lipinski definition) is 3. The number of alkyl halides is 2. The maximum atomic E-state index is 13.0. The second-order valence-electron chi connectivity index (χ2n) is 3.23. The average molecular weight is 249 g/mol. The van der Waals surface area contributed by atoms with E-state index in [9.17, 15) is 28.1 Å².